The Bertz CT molecular complexity index is 931. The van der Waals surface area contributed by atoms with E-state index in [0.717, 1.165) is 12.1 Å². The quantitative estimate of drug-likeness (QED) is 0.764. The molecular formula is C16H14F4N2O3S. The summed E-state index contributed by atoms with van der Waals surface area (Å²) in [4.78, 5) is 0. The molecule has 0 aromatic heterocycles. The number of sulfonamides is 1. The van der Waals surface area contributed by atoms with Crippen LogP contribution in [0.3, 0.4) is 0 Å². The minimum atomic E-state index is -4.86. The molecule has 0 amide bonds. The first-order valence-corrected chi connectivity index (χ1v) is 9.07. The Labute approximate surface area is 146 Å². The number of rotatable bonds is 5. The molecule has 1 unspecified atom stereocenters. The molecule has 0 radical (unpaired) electrons. The van der Waals surface area contributed by atoms with Gasteiger partial charge in [0.2, 0.25) is 0 Å². The number of anilines is 1. The van der Waals surface area contributed by atoms with E-state index in [1.54, 1.807) is 0 Å². The average molecular weight is 390 g/mol. The van der Waals surface area contributed by atoms with Crippen molar-refractivity contribution in [3.63, 3.8) is 0 Å². The molecule has 0 heterocycles. The van der Waals surface area contributed by atoms with Gasteiger partial charge >= 0.3 is 5.76 Å². The first-order valence-electron chi connectivity index (χ1n) is 7.52. The fourth-order valence-corrected chi connectivity index (χ4v) is 3.44. The van der Waals surface area contributed by atoms with Crippen molar-refractivity contribution in [3.8, 4) is 11.5 Å². The van der Waals surface area contributed by atoms with Crippen LogP contribution in [0.15, 0.2) is 30.3 Å². The smallest absolute Gasteiger partial charge is 0.355 e. The molecule has 0 fully saturated rings. The molecule has 1 aliphatic carbocycles. The summed E-state index contributed by atoms with van der Waals surface area (Å²) in [6, 6.07) is 4.64. The zero-order chi connectivity index (χ0) is 19.1. The highest BCUT2D eigenvalue weighted by molar-refractivity contribution is 7.93. The normalized spacial score (nSPS) is 16.6. The number of halogens is 4. The Morgan fingerprint density at radius 2 is 1.81 bits per heavy atom. The van der Waals surface area contributed by atoms with Gasteiger partial charge < -0.3 is 10.5 Å². The predicted molar refractivity (Wildman–Crippen MR) is 86.7 cm³/mol. The van der Waals surface area contributed by atoms with Crippen molar-refractivity contribution < 1.29 is 30.7 Å². The van der Waals surface area contributed by atoms with Crippen LogP contribution in [0.1, 0.15) is 23.6 Å². The van der Waals surface area contributed by atoms with Crippen molar-refractivity contribution in [1.82, 2.24) is 0 Å². The molecule has 0 spiro atoms. The highest BCUT2D eigenvalue weighted by Gasteiger charge is 2.30. The number of nitrogens with one attached hydrogen (secondary N) is 1. The third kappa shape index (κ3) is 3.61. The van der Waals surface area contributed by atoms with E-state index in [0.29, 0.717) is 30.0 Å². The Kier molecular flexibility index (Phi) is 4.80. The maximum absolute atomic E-state index is 13.3. The van der Waals surface area contributed by atoms with E-state index in [-0.39, 0.29) is 17.2 Å². The molecule has 1 atom stereocenters. The van der Waals surface area contributed by atoms with Gasteiger partial charge in [0, 0.05) is 29.8 Å². The van der Waals surface area contributed by atoms with Gasteiger partial charge in [0.25, 0.3) is 10.0 Å². The molecule has 140 valence electrons. The molecule has 0 saturated carbocycles. The number of nitrogens with two attached hydrogens (primary N) is 1. The zero-order valence-electron chi connectivity index (χ0n) is 13.2. The number of benzene rings is 2. The van der Waals surface area contributed by atoms with Gasteiger partial charge in [-0.3, -0.25) is 4.72 Å². The first-order chi connectivity index (χ1) is 12.2. The van der Waals surface area contributed by atoms with Gasteiger partial charge in [0.05, 0.1) is 5.69 Å². The van der Waals surface area contributed by atoms with Crippen LogP contribution in [0.5, 0.6) is 11.5 Å². The second-order valence-corrected chi connectivity index (χ2v) is 7.41. The molecule has 1 aliphatic rings. The summed E-state index contributed by atoms with van der Waals surface area (Å²) in [5.41, 5.74) is 6.71. The van der Waals surface area contributed by atoms with Crippen molar-refractivity contribution in [2.24, 2.45) is 5.73 Å². The Morgan fingerprint density at radius 3 is 2.42 bits per heavy atom. The zero-order valence-corrected chi connectivity index (χ0v) is 14.0. The van der Waals surface area contributed by atoms with Gasteiger partial charge in [-0.05, 0) is 30.5 Å². The third-order valence-corrected chi connectivity index (χ3v) is 4.91. The van der Waals surface area contributed by atoms with Crippen molar-refractivity contribution in [3.05, 3.63) is 53.1 Å². The van der Waals surface area contributed by atoms with Crippen molar-refractivity contribution in [1.29, 1.82) is 0 Å². The number of fused-ring (bicyclic) bond motifs is 1. The summed E-state index contributed by atoms with van der Waals surface area (Å²) in [6.07, 6.45) is 0.838. The fourth-order valence-electron chi connectivity index (χ4n) is 2.87. The van der Waals surface area contributed by atoms with Crippen molar-refractivity contribution >= 4 is 15.7 Å². The van der Waals surface area contributed by atoms with Gasteiger partial charge in [-0.15, -0.1) is 0 Å². The molecule has 0 saturated heterocycles. The highest BCUT2D eigenvalue weighted by atomic mass is 32.2. The molecule has 3 rings (SSSR count). The number of hydrogen-bond acceptors (Lipinski definition) is 4. The van der Waals surface area contributed by atoms with Gasteiger partial charge in [-0.25, -0.2) is 17.2 Å². The van der Waals surface area contributed by atoms with Crippen LogP contribution in [0, 0.1) is 11.6 Å². The van der Waals surface area contributed by atoms with E-state index in [1.807, 2.05) is 4.72 Å². The lowest BCUT2D eigenvalue weighted by molar-refractivity contribution is 0.236. The Morgan fingerprint density at radius 1 is 1.15 bits per heavy atom. The van der Waals surface area contributed by atoms with E-state index < -0.39 is 33.5 Å². The SMILES string of the molecule is NC1CCc2c(Oc3cc(F)cc(F)c3)ccc(NS(=O)(=O)C(F)F)c21. The molecule has 2 aromatic carbocycles. The van der Waals surface area contributed by atoms with E-state index in [1.165, 1.54) is 12.1 Å². The first kappa shape index (κ1) is 18.5. The van der Waals surface area contributed by atoms with Crippen LogP contribution in [0.4, 0.5) is 23.2 Å². The van der Waals surface area contributed by atoms with Gasteiger partial charge in [0.1, 0.15) is 23.1 Å². The maximum atomic E-state index is 13.3. The topological polar surface area (TPSA) is 81.4 Å². The summed E-state index contributed by atoms with van der Waals surface area (Å²) < 4.78 is 82.0. The number of alkyl halides is 2. The molecule has 26 heavy (non-hydrogen) atoms. The van der Waals surface area contributed by atoms with Crippen LogP contribution >= 0.6 is 0 Å². The fraction of sp³-hybridized carbons (Fsp3) is 0.250. The maximum Gasteiger partial charge on any atom is 0.355 e. The molecule has 0 aliphatic heterocycles. The minimum absolute atomic E-state index is 0.0666. The van der Waals surface area contributed by atoms with Crippen molar-refractivity contribution in [2.75, 3.05) is 4.72 Å². The molecule has 0 bridgehead atoms. The Hall–Kier alpha value is -2.33. The summed E-state index contributed by atoms with van der Waals surface area (Å²) >= 11 is 0. The molecule has 3 N–H and O–H groups in total. The van der Waals surface area contributed by atoms with E-state index in [2.05, 4.69) is 0 Å². The van der Waals surface area contributed by atoms with E-state index >= 15 is 0 Å². The summed E-state index contributed by atoms with van der Waals surface area (Å²) in [6.45, 7) is 0. The second-order valence-electron chi connectivity index (χ2n) is 5.76. The van der Waals surface area contributed by atoms with Crippen LogP contribution in [-0.2, 0) is 16.4 Å². The average Bonchev–Trinajstić information content (AvgIpc) is 2.91. The standard InChI is InChI=1S/C16H14F4N2O3S/c17-8-5-9(18)7-10(6-8)25-14-4-3-13(22-26(23,24)16(19)20)15-11(14)1-2-12(15)21/h3-7,12,16,22H,1-2,21H2. The summed E-state index contributed by atoms with van der Waals surface area (Å²) in [5, 5.41) is 0. The molecule has 2 aromatic rings. The van der Waals surface area contributed by atoms with Gasteiger partial charge in [-0.1, -0.05) is 0 Å². The van der Waals surface area contributed by atoms with Crippen LogP contribution in [0.25, 0.3) is 0 Å². The molecule has 5 nitrogen and oxygen atoms in total. The monoisotopic (exact) mass is 390 g/mol. The summed E-state index contributed by atoms with van der Waals surface area (Å²) in [7, 11) is -4.86. The minimum Gasteiger partial charge on any atom is -0.457 e. The van der Waals surface area contributed by atoms with Gasteiger partial charge in [-0.2, -0.15) is 8.78 Å². The van der Waals surface area contributed by atoms with Crippen LogP contribution < -0.4 is 15.2 Å². The number of ether oxygens (including phenoxy) is 1. The lowest BCUT2D eigenvalue weighted by atomic mass is 10.1. The van der Waals surface area contributed by atoms with Gasteiger partial charge in [0.15, 0.2) is 0 Å². The predicted octanol–water partition coefficient (Wildman–Crippen LogP) is 3.67. The molecular weight excluding hydrogens is 376 g/mol. The lowest BCUT2D eigenvalue weighted by Crippen LogP contribution is -2.22. The molecule has 10 heteroatoms. The summed E-state index contributed by atoms with van der Waals surface area (Å²) in [5.74, 6) is -5.12. The van der Waals surface area contributed by atoms with Crippen LogP contribution in [0.2, 0.25) is 0 Å². The van der Waals surface area contributed by atoms with Crippen LogP contribution in [-0.4, -0.2) is 14.2 Å². The van der Waals surface area contributed by atoms with E-state index in [4.69, 9.17) is 10.5 Å². The number of hydrogen-bond donors (Lipinski definition) is 2. The second kappa shape index (κ2) is 6.76. The highest BCUT2D eigenvalue weighted by Crippen LogP contribution is 2.42. The lowest BCUT2D eigenvalue weighted by Gasteiger charge is -2.17. The largest absolute Gasteiger partial charge is 0.457 e. The third-order valence-electron chi connectivity index (χ3n) is 3.94. The van der Waals surface area contributed by atoms with Crippen molar-refractivity contribution in [2.45, 2.75) is 24.6 Å². The Balaban J connectivity index is 2.00. The van der Waals surface area contributed by atoms with E-state index in [9.17, 15) is 26.0 Å².